The van der Waals surface area contributed by atoms with Crippen LogP contribution in [0.5, 0.6) is 0 Å². The van der Waals surface area contributed by atoms with Gasteiger partial charge >= 0.3 is 0 Å². The van der Waals surface area contributed by atoms with E-state index in [-0.39, 0.29) is 6.61 Å². The van der Waals surface area contributed by atoms with Crippen LogP contribution in [0, 0.1) is 0 Å². The second-order valence-corrected chi connectivity index (χ2v) is 3.97. The number of aliphatic hydroxyl groups is 1. The number of nitrogens with zero attached hydrogens (tertiary/aromatic N) is 3. The number of anilines is 1. The normalized spacial score (nSPS) is 10.7. The zero-order valence-corrected chi connectivity index (χ0v) is 9.64. The molecule has 0 bridgehead atoms. The Balaban J connectivity index is 2.62. The van der Waals surface area contributed by atoms with Gasteiger partial charge in [-0.15, -0.1) is 0 Å². The van der Waals surface area contributed by atoms with Crippen molar-refractivity contribution in [2.45, 2.75) is 26.2 Å². The summed E-state index contributed by atoms with van der Waals surface area (Å²) in [5.74, 6) is 1.18. The molecule has 1 rings (SSSR count). The van der Waals surface area contributed by atoms with Gasteiger partial charge < -0.3 is 10.0 Å². The maximum Gasteiger partial charge on any atom is 0.224 e. The highest BCUT2D eigenvalue weighted by Crippen LogP contribution is 2.13. The second kappa shape index (κ2) is 5.66. The minimum Gasteiger partial charge on any atom is -0.396 e. The molecule has 0 radical (unpaired) electrons. The van der Waals surface area contributed by atoms with Crippen LogP contribution in [0.1, 0.15) is 31.7 Å². The molecular weight excluding hydrogens is 190 g/mol. The highest BCUT2D eigenvalue weighted by Gasteiger charge is 2.05. The molecule has 0 saturated carbocycles. The Morgan fingerprint density at radius 2 is 1.93 bits per heavy atom. The van der Waals surface area contributed by atoms with E-state index in [1.165, 1.54) is 0 Å². The summed E-state index contributed by atoms with van der Waals surface area (Å²) in [6, 6.07) is 0. The Hall–Kier alpha value is -1.16. The van der Waals surface area contributed by atoms with Crippen LogP contribution in [0.15, 0.2) is 12.4 Å². The zero-order valence-electron chi connectivity index (χ0n) is 9.64. The predicted molar refractivity (Wildman–Crippen MR) is 61.1 cm³/mol. The third kappa shape index (κ3) is 3.47. The first kappa shape index (κ1) is 11.9. The Morgan fingerprint density at radius 3 is 2.40 bits per heavy atom. The van der Waals surface area contributed by atoms with E-state index in [1.54, 1.807) is 0 Å². The number of rotatable bonds is 5. The van der Waals surface area contributed by atoms with Crippen molar-refractivity contribution in [3.63, 3.8) is 0 Å². The second-order valence-electron chi connectivity index (χ2n) is 3.97. The molecular formula is C11H19N3O. The average Bonchev–Trinajstić information content (AvgIpc) is 2.26. The van der Waals surface area contributed by atoms with E-state index < -0.39 is 0 Å². The van der Waals surface area contributed by atoms with Gasteiger partial charge in [-0.1, -0.05) is 13.8 Å². The standard InChI is InChI=1S/C11H19N3O/c1-9(2)10-7-12-11(13-8-10)14(3)5-4-6-15/h7-9,15H,4-6H2,1-3H3. The summed E-state index contributed by atoms with van der Waals surface area (Å²) in [6.45, 7) is 5.22. The van der Waals surface area contributed by atoms with Gasteiger partial charge in [-0.25, -0.2) is 9.97 Å². The van der Waals surface area contributed by atoms with Gasteiger partial charge in [0.25, 0.3) is 0 Å². The summed E-state index contributed by atoms with van der Waals surface area (Å²) in [4.78, 5) is 10.5. The van der Waals surface area contributed by atoms with Crippen molar-refractivity contribution in [3.8, 4) is 0 Å². The van der Waals surface area contributed by atoms with Crippen LogP contribution < -0.4 is 4.90 Å². The number of hydrogen-bond donors (Lipinski definition) is 1. The fourth-order valence-corrected chi connectivity index (χ4v) is 1.23. The van der Waals surface area contributed by atoms with Crippen molar-refractivity contribution >= 4 is 5.95 Å². The third-order valence-electron chi connectivity index (χ3n) is 2.32. The van der Waals surface area contributed by atoms with Crippen LogP contribution >= 0.6 is 0 Å². The van der Waals surface area contributed by atoms with Crippen LogP contribution in [-0.4, -0.2) is 35.3 Å². The first-order valence-electron chi connectivity index (χ1n) is 5.29. The molecule has 0 aliphatic carbocycles. The van der Waals surface area contributed by atoms with E-state index in [4.69, 9.17) is 5.11 Å². The molecule has 0 unspecified atom stereocenters. The van der Waals surface area contributed by atoms with Crippen LogP contribution in [0.25, 0.3) is 0 Å². The highest BCUT2D eigenvalue weighted by atomic mass is 16.3. The number of aliphatic hydroxyl groups excluding tert-OH is 1. The van der Waals surface area contributed by atoms with Crippen molar-refractivity contribution in [2.24, 2.45) is 0 Å². The SMILES string of the molecule is CC(C)c1cnc(N(C)CCCO)nc1. The molecule has 0 aromatic carbocycles. The van der Waals surface area contributed by atoms with Gasteiger partial charge in [0.1, 0.15) is 0 Å². The zero-order chi connectivity index (χ0) is 11.3. The third-order valence-corrected chi connectivity index (χ3v) is 2.32. The highest BCUT2D eigenvalue weighted by molar-refractivity contribution is 5.28. The van der Waals surface area contributed by atoms with Crippen LogP contribution in [0.4, 0.5) is 5.95 Å². The number of aromatic nitrogens is 2. The molecule has 1 N–H and O–H groups in total. The van der Waals surface area contributed by atoms with E-state index >= 15 is 0 Å². The fraction of sp³-hybridized carbons (Fsp3) is 0.636. The van der Waals surface area contributed by atoms with Crippen molar-refractivity contribution in [3.05, 3.63) is 18.0 Å². The van der Waals surface area contributed by atoms with Gasteiger partial charge in [0.15, 0.2) is 0 Å². The Labute approximate surface area is 91.0 Å². The lowest BCUT2D eigenvalue weighted by Crippen LogP contribution is -2.21. The lowest BCUT2D eigenvalue weighted by atomic mass is 10.1. The fourth-order valence-electron chi connectivity index (χ4n) is 1.23. The van der Waals surface area contributed by atoms with Crippen LogP contribution in [0.3, 0.4) is 0 Å². The van der Waals surface area contributed by atoms with Gasteiger partial charge in [-0.2, -0.15) is 0 Å². The Morgan fingerprint density at radius 1 is 1.33 bits per heavy atom. The molecule has 84 valence electrons. The van der Waals surface area contributed by atoms with E-state index in [0.29, 0.717) is 11.9 Å². The Kier molecular flexibility index (Phi) is 4.49. The summed E-state index contributed by atoms with van der Waals surface area (Å²) < 4.78 is 0. The first-order valence-corrected chi connectivity index (χ1v) is 5.29. The van der Waals surface area contributed by atoms with Crippen LogP contribution in [-0.2, 0) is 0 Å². The monoisotopic (exact) mass is 209 g/mol. The van der Waals surface area contributed by atoms with E-state index in [2.05, 4.69) is 23.8 Å². The lowest BCUT2D eigenvalue weighted by Gasteiger charge is -2.16. The largest absolute Gasteiger partial charge is 0.396 e. The first-order chi connectivity index (χ1) is 7.15. The van der Waals surface area contributed by atoms with Crippen molar-refractivity contribution in [1.29, 1.82) is 0 Å². The molecule has 1 aromatic rings. The quantitative estimate of drug-likeness (QED) is 0.796. The molecule has 0 saturated heterocycles. The van der Waals surface area contributed by atoms with E-state index in [0.717, 1.165) is 18.5 Å². The molecule has 15 heavy (non-hydrogen) atoms. The van der Waals surface area contributed by atoms with Gasteiger partial charge in [-0.3, -0.25) is 0 Å². The molecule has 1 aromatic heterocycles. The molecule has 4 nitrogen and oxygen atoms in total. The van der Waals surface area contributed by atoms with Crippen LogP contribution in [0.2, 0.25) is 0 Å². The molecule has 0 atom stereocenters. The van der Waals surface area contributed by atoms with Crippen molar-refractivity contribution in [2.75, 3.05) is 25.1 Å². The molecule has 0 aliphatic rings. The number of hydrogen-bond acceptors (Lipinski definition) is 4. The Bertz CT molecular complexity index is 284. The molecule has 0 fully saturated rings. The molecule has 1 heterocycles. The molecule has 4 heteroatoms. The minimum atomic E-state index is 0.203. The topological polar surface area (TPSA) is 49.2 Å². The van der Waals surface area contributed by atoms with Crippen molar-refractivity contribution < 1.29 is 5.11 Å². The van der Waals surface area contributed by atoms with Crippen molar-refractivity contribution in [1.82, 2.24) is 9.97 Å². The summed E-state index contributed by atoms with van der Waals surface area (Å²) in [7, 11) is 1.93. The van der Waals surface area contributed by atoms with Gasteiger partial charge in [0.05, 0.1) is 0 Å². The minimum absolute atomic E-state index is 0.203. The maximum absolute atomic E-state index is 8.71. The van der Waals surface area contributed by atoms with Gasteiger partial charge in [0.2, 0.25) is 5.95 Å². The predicted octanol–water partition coefficient (Wildman–Crippen LogP) is 1.42. The van der Waals surface area contributed by atoms with Gasteiger partial charge in [0, 0.05) is 32.6 Å². The summed E-state index contributed by atoms with van der Waals surface area (Å²) in [5, 5.41) is 8.71. The molecule has 0 spiro atoms. The molecule has 0 aliphatic heterocycles. The lowest BCUT2D eigenvalue weighted by molar-refractivity contribution is 0.290. The summed E-state index contributed by atoms with van der Waals surface area (Å²) in [6.07, 6.45) is 4.47. The van der Waals surface area contributed by atoms with Gasteiger partial charge in [-0.05, 0) is 17.9 Å². The molecule has 0 amide bonds. The average molecular weight is 209 g/mol. The van der Waals surface area contributed by atoms with E-state index in [9.17, 15) is 0 Å². The maximum atomic E-state index is 8.71. The van der Waals surface area contributed by atoms with E-state index in [1.807, 2.05) is 24.3 Å². The summed E-state index contributed by atoms with van der Waals surface area (Å²) in [5.41, 5.74) is 1.15. The summed E-state index contributed by atoms with van der Waals surface area (Å²) >= 11 is 0. The smallest absolute Gasteiger partial charge is 0.224 e.